The van der Waals surface area contributed by atoms with Crippen molar-refractivity contribution >= 4 is 28.3 Å². The maximum Gasteiger partial charge on any atom is 0.278 e. The first-order valence-corrected chi connectivity index (χ1v) is 13.2. The molecule has 2 amide bonds. The Labute approximate surface area is 214 Å². The molecular weight excluding hydrogens is 470 g/mol. The van der Waals surface area contributed by atoms with Crippen LogP contribution in [0.15, 0.2) is 60.0 Å². The summed E-state index contributed by atoms with van der Waals surface area (Å²) in [4.78, 5) is 29.0. The van der Waals surface area contributed by atoms with E-state index in [2.05, 4.69) is 32.8 Å². The standard InChI is InChI=1S/C28H29N5O2S/c1-18(29-19(2)34)11-12-20-13-15-21(16-14-20)24-17-36-28(30-24)31-27(35)26-23-9-6-10-25(23)33(32-26)22-7-4-3-5-8-22/h3-5,7-8,13-18H,6,9-12H2,1-2H3,(H,29,34)(H,30,31,35)/t18-/m1/s1. The van der Waals surface area contributed by atoms with Gasteiger partial charge in [0.25, 0.3) is 5.91 Å². The third-order valence-corrected chi connectivity index (χ3v) is 7.19. The molecule has 0 saturated carbocycles. The van der Waals surface area contributed by atoms with Crippen LogP contribution in [0.2, 0.25) is 0 Å². The summed E-state index contributed by atoms with van der Waals surface area (Å²) >= 11 is 1.41. The van der Waals surface area contributed by atoms with E-state index in [1.807, 2.05) is 59.5 Å². The van der Waals surface area contributed by atoms with Crippen LogP contribution in [0.5, 0.6) is 0 Å². The third-order valence-electron chi connectivity index (χ3n) is 6.44. The van der Waals surface area contributed by atoms with Crippen LogP contribution in [0.25, 0.3) is 16.9 Å². The number of aromatic nitrogens is 3. The van der Waals surface area contributed by atoms with Gasteiger partial charge in [-0.15, -0.1) is 11.3 Å². The van der Waals surface area contributed by atoms with Crippen molar-refractivity contribution in [3.63, 3.8) is 0 Å². The Morgan fingerprint density at radius 3 is 2.61 bits per heavy atom. The average molecular weight is 500 g/mol. The van der Waals surface area contributed by atoms with Gasteiger partial charge >= 0.3 is 0 Å². The van der Waals surface area contributed by atoms with E-state index >= 15 is 0 Å². The van der Waals surface area contributed by atoms with E-state index in [-0.39, 0.29) is 17.9 Å². The molecule has 5 rings (SSSR count). The quantitative estimate of drug-likeness (QED) is 0.349. The lowest BCUT2D eigenvalue weighted by atomic mass is 10.0. The molecular formula is C28H29N5O2S. The van der Waals surface area contributed by atoms with Gasteiger partial charge in [-0.05, 0) is 56.7 Å². The summed E-state index contributed by atoms with van der Waals surface area (Å²) in [7, 11) is 0. The predicted molar refractivity (Wildman–Crippen MR) is 143 cm³/mol. The summed E-state index contributed by atoms with van der Waals surface area (Å²) in [5.41, 5.74) is 6.66. The summed E-state index contributed by atoms with van der Waals surface area (Å²) in [5.74, 6) is -0.217. The molecule has 0 fully saturated rings. The summed E-state index contributed by atoms with van der Waals surface area (Å²) < 4.78 is 1.91. The molecule has 184 valence electrons. The number of para-hydroxylation sites is 1. The van der Waals surface area contributed by atoms with Gasteiger partial charge in [-0.25, -0.2) is 9.67 Å². The molecule has 0 spiro atoms. The van der Waals surface area contributed by atoms with Gasteiger partial charge in [0, 0.05) is 35.2 Å². The van der Waals surface area contributed by atoms with Gasteiger partial charge in [-0.1, -0.05) is 42.5 Å². The van der Waals surface area contributed by atoms with Gasteiger partial charge in [0.05, 0.1) is 11.4 Å². The van der Waals surface area contributed by atoms with Crippen LogP contribution in [-0.4, -0.2) is 32.6 Å². The fourth-order valence-electron chi connectivity index (χ4n) is 4.67. The molecule has 36 heavy (non-hydrogen) atoms. The molecule has 2 heterocycles. The molecule has 7 nitrogen and oxygen atoms in total. The van der Waals surface area contributed by atoms with Crippen molar-refractivity contribution in [3.8, 4) is 16.9 Å². The van der Waals surface area contributed by atoms with E-state index in [1.165, 1.54) is 16.9 Å². The van der Waals surface area contributed by atoms with Gasteiger partial charge in [0.2, 0.25) is 5.91 Å². The van der Waals surface area contributed by atoms with Crippen LogP contribution in [0.1, 0.15) is 54.0 Å². The van der Waals surface area contributed by atoms with E-state index in [4.69, 9.17) is 0 Å². The molecule has 4 aromatic rings. The maximum absolute atomic E-state index is 13.2. The number of amides is 2. The fourth-order valence-corrected chi connectivity index (χ4v) is 5.38. The number of hydrogen-bond acceptors (Lipinski definition) is 5. The number of aryl methyl sites for hydroxylation is 1. The zero-order chi connectivity index (χ0) is 25.1. The molecule has 1 atom stereocenters. The second-order valence-corrected chi connectivity index (χ2v) is 10.1. The topological polar surface area (TPSA) is 88.9 Å². The van der Waals surface area contributed by atoms with Gasteiger partial charge in [-0.3, -0.25) is 14.9 Å². The monoisotopic (exact) mass is 499 g/mol. The third kappa shape index (κ3) is 5.23. The molecule has 1 aliphatic rings. The Hall–Kier alpha value is -3.78. The van der Waals surface area contributed by atoms with E-state index < -0.39 is 0 Å². The molecule has 2 N–H and O–H groups in total. The van der Waals surface area contributed by atoms with E-state index in [1.54, 1.807) is 6.92 Å². The van der Waals surface area contributed by atoms with Crippen molar-refractivity contribution in [1.82, 2.24) is 20.1 Å². The van der Waals surface area contributed by atoms with Crippen molar-refractivity contribution in [2.75, 3.05) is 5.32 Å². The summed E-state index contributed by atoms with van der Waals surface area (Å²) in [5, 5.41) is 13.1. The molecule has 0 saturated heterocycles. The maximum atomic E-state index is 13.2. The lowest BCUT2D eigenvalue weighted by Gasteiger charge is -2.12. The Morgan fingerprint density at radius 2 is 1.86 bits per heavy atom. The predicted octanol–water partition coefficient (Wildman–Crippen LogP) is 5.19. The number of fused-ring (bicyclic) bond motifs is 1. The Morgan fingerprint density at radius 1 is 1.08 bits per heavy atom. The van der Waals surface area contributed by atoms with Crippen molar-refractivity contribution < 1.29 is 9.59 Å². The number of nitrogens with one attached hydrogen (secondary N) is 2. The highest BCUT2D eigenvalue weighted by Crippen LogP contribution is 2.30. The molecule has 0 radical (unpaired) electrons. The molecule has 0 unspecified atom stereocenters. The number of rotatable bonds is 8. The Kier molecular flexibility index (Phi) is 6.95. The number of nitrogens with zero attached hydrogens (tertiary/aromatic N) is 3. The van der Waals surface area contributed by atoms with Crippen LogP contribution in [0, 0.1) is 0 Å². The number of hydrogen-bond donors (Lipinski definition) is 2. The van der Waals surface area contributed by atoms with Crippen LogP contribution in [0.3, 0.4) is 0 Å². The zero-order valence-corrected chi connectivity index (χ0v) is 21.3. The second kappa shape index (κ2) is 10.5. The molecule has 2 aromatic carbocycles. The summed E-state index contributed by atoms with van der Waals surface area (Å²) in [6, 6.07) is 18.4. The van der Waals surface area contributed by atoms with Crippen LogP contribution < -0.4 is 10.6 Å². The van der Waals surface area contributed by atoms with Crippen molar-refractivity contribution in [2.45, 2.75) is 52.0 Å². The Balaban J connectivity index is 1.26. The van der Waals surface area contributed by atoms with Gasteiger partial charge in [0.1, 0.15) is 0 Å². The molecule has 8 heteroatoms. The lowest BCUT2D eigenvalue weighted by molar-refractivity contribution is -0.119. The zero-order valence-electron chi connectivity index (χ0n) is 20.5. The minimum absolute atomic E-state index is 0.00166. The molecule has 0 bridgehead atoms. The Bertz CT molecular complexity index is 1370. The highest BCUT2D eigenvalue weighted by atomic mass is 32.1. The van der Waals surface area contributed by atoms with Crippen LogP contribution in [-0.2, 0) is 24.1 Å². The fraction of sp³-hybridized carbons (Fsp3) is 0.286. The highest BCUT2D eigenvalue weighted by Gasteiger charge is 2.27. The first kappa shape index (κ1) is 23.9. The SMILES string of the molecule is CC(=O)N[C@H](C)CCc1ccc(-c2csc(NC(=O)c3nn(-c4ccccc4)c4c3CCC4)n2)cc1. The van der Waals surface area contributed by atoms with Crippen molar-refractivity contribution in [3.05, 3.63) is 82.5 Å². The minimum Gasteiger partial charge on any atom is -0.354 e. The normalized spacial score (nSPS) is 13.3. The van der Waals surface area contributed by atoms with E-state index in [9.17, 15) is 9.59 Å². The smallest absolute Gasteiger partial charge is 0.278 e. The summed E-state index contributed by atoms with van der Waals surface area (Å²) in [6.45, 7) is 3.56. The van der Waals surface area contributed by atoms with Crippen LogP contribution >= 0.6 is 11.3 Å². The van der Waals surface area contributed by atoms with Crippen LogP contribution in [0.4, 0.5) is 5.13 Å². The van der Waals surface area contributed by atoms with Gasteiger partial charge in [-0.2, -0.15) is 5.10 Å². The number of carbonyl (C=O) groups excluding carboxylic acids is 2. The van der Waals surface area contributed by atoms with Crippen molar-refractivity contribution in [2.24, 2.45) is 0 Å². The number of thiazole rings is 1. The van der Waals surface area contributed by atoms with E-state index in [0.29, 0.717) is 10.8 Å². The number of anilines is 1. The highest BCUT2D eigenvalue weighted by molar-refractivity contribution is 7.14. The van der Waals surface area contributed by atoms with Crippen molar-refractivity contribution in [1.29, 1.82) is 0 Å². The largest absolute Gasteiger partial charge is 0.354 e. The second-order valence-electron chi connectivity index (χ2n) is 9.20. The lowest BCUT2D eigenvalue weighted by Crippen LogP contribution is -2.30. The van der Waals surface area contributed by atoms with E-state index in [0.717, 1.165) is 60.3 Å². The van der Waals surface area contributed by atoms with Gasteiger partial charge in [0.15, 0.2) is 10.8 Å². The summed E-state index contributed by atoms with van der Waals surface area (Å²) in [6.07, 6.45) is 4.59. The number of carbonyl (C=O) groups is 2. The average Bonchev–Trinajstić information content (AvgIpc) is 3.60. The molecule has 2 aromatic heterocycles. The first-order valence-electron chi connectivity index (χ1n) is 12.3. The number of benzene rings is 2. The minimum atomic E-state index is -0.215. The molecule has 0 aliphatic heterocycles. The first-order chi connectivity index (χ1) is 17.5. The van der Waals surface area contributed by atoms with Gasteiger partial charge < -0.3 is 5.32 Å². The molecule has 1 aliphatic carbocycles.